The lowest BCUT2D eigenvalue weighted by atomic mass is 10.0. The van der Waals surface area contributed by atoms with Gasteiger partial charge in [0.05, 0.1) is 6.54 Å². The molecule has 1 unspecified atom stereocenters. The number of hydrogen-bond acceptors (Lipinski definition) is 3. The van der Waals surface area contributed by atoms with Crippen molar-refractivity contribution < 1.29 is 9.53 Å². The first-order valence-corrected chi connectivity index (χ1v) is 5.82. The van der Waals surface area contributed by atoms with E-state index in [9.17, 15) is 4.79 Å². The molecule has 1 heterocycles. The van der Waals surface area contributed by atoms with Crippen LogP contribution in [0.25, 0.3) is 0 Å². The molecule has 2 rings (SSSR count). The minimum Gasteiger partial charge on any atom is -0.443 e. The van der Waals surface area contributed by atoms with Gasteiger partial charge in [-0.25, -0.2) is 4.79 Å². The van der Waals surface area contributed by atoms with Crippen LogP contribution in [0.1, 0.15) is 16.7 Å². The van der Waals surface area contributed by atoms with Crippen LogP contribution in [0.2, 0.25) is 0 Å². The fraction of sp³-hybridized carbons (Fsp3) is 0.462. The van der Waals surface area contributed by atoms with E-state index in [-0.39, 0.29) is 12.2 Å². The van der Waals surface area contributed by atoms with Crippen molar-refractivity contribution in [3.63, 3.8) is 0 Å². The molecule has 0 radical (unpaired) electrons. The van der Waals surface area contributed by atoms with Crippen LogP contribution in [0.4, 0.5) is 4.79 Å². The smallest absolute Gasteiger partial charge is 0.410 e. The van der Waals surface area contributed by atoms with Gasteiger partial charge in [-0.15, -0.1) is 0 Å². The number of rotatable bonds is 3. The van der Waals surface area contributed by atoms with Crippen molar-refractivity contribution in [3.05, 3.63) is 34.9 Å². The summed E-state index contributed by atoms with van der Waals surface area (Å²) in [5.41, 5.74) is 9.11. The second-order valence-electron chi connectivity index (χ2n) is 4.49. The van der Waals surface area contributed by atoms with Crippen LogP contribution in [0, 0.1) is 13.8 Å². The van der Waals surface area contributed by atoms with Gasteiger partial charge < -0.3 is 15.4 Å². The molecule has 1 aromatic rings. The van der Waals surface area contributed by atoms with E-state index < -0.39 is 0 Å². The number of hydrogen-bond donors (Lipinski definition) is 1. The lowest BCUT2D eigenvalue weighted by Gasteiger charge is -2.16. The van der Waals surface area contributed by atoms with E-state index in [1.54, 1.807) is 4.90 Å². The fourth-order valence-electron chi connectivity index (χ4n) is 2.12. The lowest BCUT2D eigenvalue weighted by molar-refractivity contribution is 0.134. The third-order valence-electron chi connectivity index (χ3n) is 3.21. The molecule has 0 aliphatic carbocycles. The summed E-state index contributed by atoms with van der Waals surface area (Å²) < 4.78 is 5.14. The van der Waals surface area contributed by atoms with Gasteiger partial charge in [-0.2, -0.15) is 0 Å². The molecule has 4 nitrogen and oxygen atoms in total. The molecule has 0 bridgehead atoms. The Morgan fingerprint density at radius 2 is 2.06 bits per heavy atom. The maximum Gasteiger partial charge on any atom is 0.410 e. The first-order chi connectivity index (χ1) is 8.11. The zero-order valence-electron chi connectivity index (χ0n) is 10.3. The summed E-state index contributed by atoms with van der Waals surface area (Å²) in [5.74, 6) is 0. The molecule has 1 aliphatic heterocycles. The number of amides is 1. The molecule has 1 aromatic carbocycles. The minimum absolute atomic E-state index is 0.160. The molecule has 92 valence electrons. The number of carbonyl (C=O) groups excluding carboxylic acids is 1. The first-order valence-electron chi connectivity index (χ1n) is 5.82. The van der Waals surface area contributed by atoms with Crippen molar-refractivity contribution in [1.82, 2.24) is 4.90 Å². The molecule has 0 saturated carbocycles. The van der Waals surface area contributed by atoms with Crippen LogP contribution >= 0.6 is 0 Å². The molecule has 0 aromatic heterocycles. The van der Waals surface area contributed by atoms with Gasteiger partial charge in [-0.3, -0.25) is 0 Å². The van der Waals surface area contributed by atoms with Crippen LogP contribution in [-0.2, 0) is 11.3 Å². The molecule has 4 heteroatoms. The largest absolute Gasteiger partial charge is 0.443 e. The zero-order chi connectivity index (χ0) is 12.4. The Kier molecular flexibility index (Phi) is 3.33. The van der Waals surface area contributed by atoms with Crippen LogP contribution in [-0.4, -0.2) is 30.2 Å². The number of nitrogens with two attached hydrogens (primary N) is 1. The summed E-state index contributed by atoms with van der Waals surface area (Å²) in [6.07, 6.45) is -0.421. The Bertz CT molecular complexity index is 411. The van der Waals surface area contributed by atoms with E-state index in [4.69, 9.17) is 10.5 Å². The number of aryl methyl sites for hydroxylation is 2. The van der Waals surface area contributed by atoms with Gasteiger partial charge in [-0.1, -0.05) is 18.2 Å². The van der Waals surface area contributed by atoms with Crippen molar-refractivity contribution in [3.8, 4) is 0 Å². The number of ether oxygens (including phenoxy) is 1. The Morgan fingerprint density at radius 1 is 1.41 bits per heavy atom. The van der Waals surface area contributed by atoms with Crippen molar-refractivity contribution in [2.24, 2.45) is 5.73 Å². The molecule has 1 atom stereocenters. The Labute approximate surface area is 101 Å². The van der Waals surface area contributed by atoms with Crippen molar-refractivity contribution in [2.45, 2.75) is 26.5 Å². The van der Waals surface area contributed by atoms with Gasteiger partial charge in [0.2, 0.25) is 0 Å². The topological polar surface area (TPSA) is 55.6 Å². The van der Waals surface area contributed by atoms with E-state index in [0.29, 0.717) is 19.6 Å². The highest BCUT2D eigenvalue weighted by Gasteiger charge is 2.30. The quantitative estimate of drug-likeness (QED) is 0.864. The average Bonchev–Trinajstić information content (AvgIpc) is 2.65. The van der Waals surface area contributed by atoms with Crippen molar-refractivity contribution in [2.75, 3.05) is 13.1 Å². The fourth-order valence-corrected chi connectivity index (χ4v) is 2.12. The molecule has 1 amide bonds. The number of carbonyl (C=O) groups is 1. The number of benzene rings is 1. The van der Waals surface area contributed by atoms with Gasteiger partial charge in [-0.05, 0) is 30.5 Å². The molecule has 1 fully saturated rings. The van der Waals surface area contributed by atoms with E-state index in [1.807, 2.05) is 6.07 Å². The second kappa shape index (κ2) is 4.75. The van der Waals surface area contributed by atoms with E-state index in [2.05, 4.69) is 26.0 Å². The Hall–Kier alpha value is -1.55. The average molecular weight is 234 g/mol. The Balaban J connectivity index is 2.14. The molecule has 1 saturated heterocycles. The van der Waals surface area contributed by atoms with E-state index in [0.717, 1.165) is 0 Å². The predicted molar refractivity (Wildman–Crippen MR) is 65.6 cm³/mol. The highest BCUT2D eigenvalue weighted by Crippen LogP contribution is 2.19. The summed E-state index contributed by atoms with van der Waals surface area (Å²) in [6, 6.07) is 6.15. The van der Waals surface area contributed by atoms with E-state index in [1.165, 1.54) is 16.7 Å². The predicted octanol–water partition coefficient (Wildman–Crippen LogP) is 1.58. The molecule has 17 heavy (non-hydrogen) atoms. The minimum atomic E-state index is -0.261. The Morgan fingerprint density at radius 3 is 2.59 bits per heavy atom. The SMILES string of the molecule is Cc1cccc(C)c1CN1CC(CN)OC1=O. The van der Waals surface area contributed by atoms with Gasteiger partial charge in [0, 0.05) is 13.1 Å². The van der Waals surface area contributed by atoms with Crippen LogP contribution in [0.5, 0.6) is 0 Å². The molecule has 0 spiro atoms. The molecular formula is C13H18N2O2. The molecule has 2 N–H and O–H groups in total. The normalized spacial score (nSPS) is 19.6. The van der Waals surface area contributed by atoms with Crippen LogP contribution in [0.3, 0.4) is 0 Å². The summed E-state index contributed by atoms with van der Waals surface area (Å²) >= 11 is 0. The van der Waals surface area contributed by atoms with Crippen molar-refractivity contribution in [1.29, 1.82) is 0 Å². The van der Waals surface area contributed by atoms with E-state index >= 15 is 0 Å². The second-order valence-corrected chi connectivity index (χ2v) is 4.49. The van der Waals surface area contributed by atoms with Crippen LogP contribution < -0.4 is 5.73 Å². The third kappa shape index (κ3) is 2.42. The van der Waals surface area contributed by atoms with Crippen LogP contribution in [0.15, 0.2) is 18.2 Å². The number of nitrogens with zero attached hydrogens (tertiary/aromatic N) is 1. The monoisotopic (exact) mass is 234 g/mol. The number of cyclic esters (lactones) is 1. The van der Waals surface area contributed by atoms with Gasteiger partial charge in [0.1, 0.15) is 6.10 Å². The summed E-state index contributed by atoms with van der Waals surface area (Å²) in [6.45, 7) is 5.69. The standard InChI is InChI=1S/C13H18N2O2/c1-9-4-3-5-10(2)12(9)8-15-7-11(6-14)17-13(15)16/h3-5,11H,6-8,14H2,1-2H3. The first kappa shape index (κ1) is 11.9. The highest BCUT2D eigenvalue weighted by molar-refractivity contribution is 5.70. The van der Waals surface area contributed by atoms with Gasteiger partial charge in [0.15, 0.2) is 0 Å². The summed E-state index contributed by atoms with van der Waals surface area (Å²) in [7, 11) is 0. The summed E-state index contributed by atoms with van der Waals surface area (Å²) in [5, 5.41) is 0. The van der Waals surface area contributed by atoms with Crippen molar-refractivity contribution >= 4 is 6.09 Å². The summed E-state index contributed by atoms with van der Waals surface area (Å²) in [4.78, 5) is 13.3. The molecule has 1 aliphatic rings. The lowest BCUT2D eigenvalue weighted by Crippen LogP contribution is -2.27. The third-order valence-corrected chi connectivity index (χ3v) is 3.21. The van der Waals surface area contributed by atoms with Gasteiger partial charge >= 0.3 is 6.09 Å². The van der Waals surface area contributed by atoms with Gasteiger partial charge in [0.25, 0.3) is 0 Å². The molecular weight excluding hydrogens is 216 g/mol. The highest BCUT2D eigenvalue weighted by atomic mass is 16.6. The maximum atomic E-state index is 11.6. The maximum absolute atomic E-state index is 11.6. The zero-order valence-corrected chi connectivity index (χ0v) is 10.3.